The van der Waals surface area contributed by atoms with Gasteiger partial charge in [-0.1, -0.05) is 18.2 Å². The van der Waals surface area contributed by atoms with Crippen LogP contribution in [0.4, 0.5) is 0 Å². The highest BCUT2D eigenvalue weighted by molar-refractivity contribution is 7.98. The molecule has 0 spiro atoms. The summed E-state index contributed by atoms with van der Waals surface area (Å²) in [7, 11) is 2.16. The van der Waals surface area contributed by atoms with Crippen molar-refractivity contribution in [2.24, 2.45) is 5.92 Å². The van der Waals surface area contributed by atoms with Gasteiger partial charge in [0.1, 0.15) is 5.76 Å². The number of furan rings is 1. The van der Waals surface area contributed by atoms with Gasteiger partial charge in [-0.2, -0.15) is 0 Å². The highest BCUT2D eigenvalue weighted by Crippen LogP contribution is 2.29. The summed E-state index contributed by atoms with van der Waals surface area (Å²) in [6.07, 6.45) is 2.34. The van der Waals surface area contributed by atoms with Gasteiger partial charge in [-0.25, -0.2) is 0 Å². The molecule has 1 aromatic heterocycles. The fourth-order valence-corrected chi connectivity index (χ4v) is 4.76. The van der Waals surface area contributed by atoms with Crippen LogP contribution < -0.4 is 0 Å². The van der Waals surface area contributed by atoms with Crippen LogP contribution in [0, 0.1) is 5.92 Å². The molecule has 5 heteroatoms. The molecule has 5 rings (SSSR count). The molecular weight excluding hydrogens is 332 g/mol. The van der Waals surface area contributed by atoms with Gasteiger partial charge < -0.3 is 14.2 Å². The first-order valence-electron chi connectivity index (χ1n) is 8.95. The first-order chi connectivity index (χ1) is 12.2. The van der Waals surface area contributed by atoms with Crippen molar-refractivity contribution < 1.29 is 9.21 Å². The first-order valence-corrected chi connectivity index (χ1v) is 9.93. The van der Waals surface area contributed by atoms with Gasteiger partial charge in [0.25, 0.3) is 5.91 Å². The number of carbonyl (C=O) groups excluding carboxylic acids is 1. The van der Waals surface area contributed by atoms with E-state index in [-0.39, 0.29) is 5.91 Å². The van der Waals surface area contributed by atoms with Gasteiger partial charge in [0, 0.05) is 30.6 Å². The van der Waals surface area contributed by atoms with E-state index in [0.29, 0.717) is 17.7 Å². The lowest BCUT2D eigenvalue weighted by Gasteiger charge is -2.35. The molecule has 4 nitrogen and oxygen atoms in total. The van der Waals surface area contributed by atoms with Crippen molar-refractivity contribution in [3.63, 3.8) is 0 Å². The summed E-state index contributed by atoms with van der Waals surface area (Å²) in [5.41, 5.74) is 0. The van der Waals surface area contributed by atoms with Gasteiger partial charge in [-0.3, -0.25) is 4.79 Å². The minimum absolute atomic E-state index is 0.0564. The first kappa shape index (κ1) is 16.7. The second-order valence-corrected chi connectivity index (χ2v) is 8.19. The van der Waals surface area contributed by atoms with Crippen LogP contribution in [0.15, 0.2) is 51.8 Å². The van der Waals surface area contributed by atoms with Crippen LogP contribution in [-0.4, -0.2) is 48.4 Å². The Bertz CT molecular complexity index is 730. The summed E-state index contributed by atoms with van der Waals surface area (Å²) < 4.78 is 5.87. The van der Waals surface area contributed by atoms with E-state index in [4.69, 9.17) is 4.42 Å². The number of fused-ring (bicyclic) bond motifs is 4. The number of hydrogen-bond acceptors (Lipinski definition) is 4. The monoisotopic (exact) mass is 356 g/mol. The number of benzene rings is 1. The third kappa shape index (κ3) is 3.77. The average molecular weight is 356 g/mol. The van der Waals surface area contributed by atoms with Crippen LogP contribution in [0.2, 0.25) is 0 Å². The van der Waals surface area contributed by atoms with Crippen LogP contribution in [0.3, 0.4) is 0 Å². The molecule has 3 fully saturated rings. The number of carbonyl (C=O) groups is 1. The van der Waals surface area contributed by atoms with Gasteiger partial charge in [0.15, 0.2) is 5.76 Å². The van der Waals surface area contributed by atoms with Crippen molar-refractivity contribution in [3.8, 4) is 0 Å². The van der Waals surface area contributed by atoms with E-state index in [1.54, 1.807) is 11.8 Å². The molecule has 0 unspecified atom stereocenters. The molecule has 1 aromatic carbocycles. The summed E-state index contributed by atoms with van der Waals surface area (Å²) in [5, 5.41) is 0. The van der Waals surface area contributed by atoms with Crippen LogP contribution in [-0.2, 0) is 5.75 Å². The second-order valence-electron chi connectivity index (χ2n) is 7.14. The molecule has 0 N–H and O–H groups in total. The van der Waals surface area contributed by atoms with Crippen LogP contribution in [0.5, 0.6) is 0 Å². The molecule has 4 heterocycles. The molecule has 2 bridgehead atoms. The Kier molecular flexibility index (Phi) is 4.86. The number of amides is 1. The summed E-state index contributed by atoms with van der Waals surface area (Å²) in [4.78, 5) is 18.6. The quantitative estimate of drug-likeness (QED) is 0.782. The molecule has 2 atom stereocenters. The Balaban J connectivity index is 1.42. The van der Waals surface area contributed by atoms with E-state index < -0.39 is 0 Å². The molecule has 0 aliphatic carbocycles. The lowest BCUT2D eigenvalue weighted by atomic mass is 9.95. The van der Waals surface area contributed by atoms with Crippen LogP contribution in [0.25, 0.3) is 0 Å². The molecule has 0 saturated carbocycles. The summed E-state index contributed by atoms with van der Waals surface area (Å²) in [6.45, 7) is 2.93. The van der Waals surface area contributed by atoms with Crippen molar-refractivity contribution in [1.29, 1.82) is 0 Å². The maximum atomic E-state index is 12.9. The highest BCUT2D eigenvalue weighted by Gasteiger charge is 2.37. The van der Waals surface area contributed by atoms with E-state index in [9.17, 15) is 4.79 Å². The van der Waals surface area contributed by atoms with E-state index in [1.807, 2.05) is 35.2 Å². The third-order valence-electron chi connectivity index (χ3n) is 5.15. The van der Waals surface area contributed by atoms with Crippen LogP contribution >= 0.6 is 11.8 Å². The number of piperidine rings is 1. The zero-order chi connectivity index (χ0) is 17.2. The summed E-state index contributed by atoms with van der Waals surface area (Å²) in [6, 6.07) is 14.4. The van der Waals surface area contributed by atoms with Gasteiger partial charge in [-0.05, 0) is 50.1 Å². The van der Waals surface area contributed by atoms with Gasteiger partial charge in [0.05, 0.1) is 5.75 Å². The van der Waals surface area contributed by atoms with E-state index in [2.05, 4.69) is 24.1 Å². The molecule has 0 radical (unpaired) electrons. The number of hydrogen-bond donors (Lipinski definition) is 0. The van der Waals surface area contributed by atoms with Gasteiger partial charge in [0.2, 0.25) is 0 Å². The van der Waals surface area contributed by atoms with Crippen molar-refractivity contribution in [2.75, 3.05) is 26.7 Å². The number of likely N-dealkylation sites (N-methyl/N-ethyl adjacent to an activating group) is 1. The van der Waals surface area contributed by atoms with Gasteiger partial charge >= 0.3 is 0 Å². The van der Waals surface area contributed by atoms with Crippen molar-refractivity contribution in [2.45, 2.75) is 29.5 Å². The zero-order valence-corrected chi connectivity index (χ0v) is 15.4. The fraction of sp³-hybridized carbons (Fsp3) is 0.450. The summed E-state index contributed by atoms with van der Waals surface area (Å²) in [5.74, 6) is 2.73. The molecule has 3 saturated heterocycles. The number of rotatable bonds is 4. The predicted octanol–water partition coefficient (Wildman–Crippen LogP) is 3.74. The molecule has 2 aromatic rings. The largest absolute Gasteiger partial charge is 0.455 e. The standard InChI is InChI=1S/C20H24N2O2S/c1-21-11-15-7-8-16(13-21)22(12-15)20(23)19-10-9-17(24-19)14-25-18-5-3-2-4-6-18/h2-6,9-10,15-16H,7-8,11-14H2,1H3/t15-,16+/m1/s1. The molecule has 3 aliphatic rings. The van der Waals surface area contributed by atoms with Crippen LogP contribution in [0.1, 0.15) is 29.2 Å². The fourth-order valence-electron chi connectivity index (χ4n) is 3.95. The Morgan fingerprint density at radius 1 is 1.12 bits per heavy atom. The van der Waals surface area contributed by atoms with E-state index in [0.717, 1.165) is 37.6 Å². The topological polar surface area (TPSA) is 36.7 Å². The maximum absolute atomic E-state index is 12.9. The van der Waals surface area contributed by atoms with Crippen molar-refractivity contribution in [1.82, 2.24) is 9.80 Å². The maximum Gasteiger partial charge on any atom is 0.289 e. The smallest absolute Gasteiger partial charge is 0.289 e. The van der Waals surface area contributed by atoms with Crippen molar-refractivity contribution in [3.05, 3.63) is 54.0 Å². The Morgan fingerprint density at radius 2 is 1.96 bits per heavy atom. The number of thioether (sulfide) groups is 1. The molecule has 1 amide bonds. The minimum atomic E-state index is 0.0564. The van der Waals surface area contributed by atoms with E-state index >= 15 is 0 Å². The Hall–Kier alpha value is -1.72. The lowest BCUT2D eigenvalue weighted by molar-refractivity contribution is 0.0553. The zero-order valence-electron chi connectivity index (χ0n) is 14.6. The van der Waals surface area contributed by atoms with Gasteiger partial charge in [-0.15, -0.1) is 11.8 Å². The average Bonchev–Trinajstić information content (AvgIpc) is 2.95. The molecular formula is C20H24N2O2S. The lowest BCUT2D eigenvalue weighted by Crippen LogP contribution is -2.47. The van der Waals surface area contributed by atoms with E-state index in [1.165, 1.54) is 11.3 Å². The molecule has 3 aliphatic heterocycles. The Morgan fingerprint density at radius 3 is 2.80 bits per heavy atom. The van der Waals surface area contributed by atoms with Crippen molar-refractivity contribution >= 4 is 17.7 Å². The number of nitrogens with zero attached hydrogens (tertiary/aromatic N) is 2. The third-order valence-corrected chi connectivity index (χ3v) is 6.19. The normalized spacial score (nSPS) is 23.6. The second kappa shape index (κ2) is 7.26. The molecule has 25 heavy (non-hydrogen) atoms. The minimum Gasteiger partial charge on any atom is -0.455 e. The SMILES string of the molecule is CN1C[C@H]2CC[C@@H](C1)N(C(=O)c1ccc(CSc3ccccc3)o1)C2. The highest BCUT2D eigenvalue weighted by atomic mass is 32.2. The summed E-state index contributed by atoms with van der Waals surface area (Å²) >= 11 is 1.72. The molecule has 132 valence electrons. The Labute approximate surface area is 153 Å². The predicted molar refractivity (Wildman–Crippen MR) is 99.8 cm³/mol.